The predicted octanol–water partition coefficient (Wildman–Crippen LogP) is 3.72. The lowest BCUT2D eigenvalue weighted by atomic mass is 10.1. The standard InChI is InChI=1S/C13H15ClFN3O/c1-2-3-4-11(16)13-17-12(18-19-13)9-6-5-8(15)7-10(9)14/h5-7,11H,2-4,16H2,1H3/t11-/m0/s1. The van der Waals surface area contributed by atoms with Crippen molar-refractivity contribution >= 4 is 11.6 Å². The van der Waals surface area contributed by atoms with Crippen molar-refractivity contribution in [3.05, 3.63) is 34.9 Å². The van der Waals surface area contributed by atoms with E-state index in [-0.39, 0.29) is 11.1 Å². The van der Waals surface area contributed by atoms with Crippen LogP contribution in [0.3, 0.4) is 0 Å². The summed E-state index contributed by atoms with van der Waals surface area (Å²) in [5.74, 6) is 0.299. The molecule has 0 aliphatic heterocycles. The van der Waals surface area contributed by atoms with Crippen LogP contribution in [0.25, 0.3) is 11.4 Å². The van der Waals surface area contributed by atoms with Crippen molar-refractivity contribution < 1.29 is 8.91 Å². The number of hydrogen-bond acceptors (Lipinski definition) is 4. The summed E-state index contributed by atoms with van der Waals surface area (Å²) in [4.78, 5) is 4.21. The number of hydrogen-bond donors (Lipinski definition) is 1. The number of benzene rings is 1. The van der Waals surface area contributed by atoms with E-state index in [0.29, 0.717) is 17.3 Å². The molecule has 2 rings (SSSR count). The second kappa shape index (κ2) is 6.12. The summed E-state index contributed by atoms with van der Waals surface area (Å²) in [6.07, 6.45) is 2.84. The van der Waals surface area contributed by atoms with Gasteiger partial charge in [-0.1, -0.05) is 36.5 Å². The Hall–Kier alpha value is -1.46. The number of rotatable bonds is 5. The zero-order valence-electron chi connectivity index (χ0n) is 10.6. The fourth-order valence-electron chi connectivity index (χ4n) is 1.71. The smallest absolute Gasteiger partial charge is 0.243 e. The topological polar surface area (TPSA) is 64.9 Å². The van der Waals surface area contributed by atoms with Gasteiger partial charge in [0.15, 0.2) is 0 Å². The highest BCUT2D eigenvalue weighted by molar-refractivity contribution is 6.33. The lowest BCUT2D eigenvalue weighted by Crippen LogP contribution is -2.10. The molecule has 19 heavy (non-hydrogen) atoms. The van der Waals surface area contributed by atoms with Crippen LogP contribution in [0.4, 0.5) is 4.39 Å². The minimum absolute atomic E-state index is 0.245. The van der Waals surface area contributed by atoms with Crippen LogP contribution in [0.15, 0.2) is 22.7 Å². The second-order valence-corrected chi connectivity index (χ2v) is 4.74. The van der Waals surface area contributed by atoms with E-state index in [1.807, 2.05) is 0 Å². The molecule has 102 valence electrons. The van der Waals surface area contributed by atoms with E-state index in [1.54, 1.807) is 0 Å². The largest absolute Gasteiger partial charge is 0.337 e. The average Bonchev–Trinajstić information content (AvgIpc) is 2.85. The molecule has 1 aromatic heterocycles. The number of nitrogens with two attached hydrogens (primary N) is 1. The molecule has 0 amide bonds. The normalized spacial score (nSPS) is 12.6. The molecule has 1 heterocycles. The summed E-state index contributed by atoms with van der Waals surface area (Å²) in [5, 5.41) is 4.08. The highest BCUT2D eigenvalue weighted by Crippen LogP contribution is 2.27. The fourth-order valence-corrected chi connectivity index (χ4v) is 1.97. The molecule has 0 radical (unpaired) electrons. The van der Waals surface area contributed by atoms with Gasteiger partial charge in [0.2, 0.25) is 11.7 Å². The van der Waals surface area contributed by atoms with Gasteiger partial charge in [-0.05, 0) is 24.6 Å². The van der Waals surface area contributed by atoms with Gasteiger partial charge < -0.3 is 10.3 Å². The molecule has 0 unspecified atom stereocenters. The molecule has 2 N–H and O–H groups in total. The quantitative estimate of drug-likeness (QED) is 0.908. The predicted molar refractivity (Wildman–Crippen MR) is 71.2 cm³/mol. The Morgan fingerprint density at radius 2 is 2.26 bits per heavy atom. The Morgan fingerprint density at radius 3 is 2.95 bits per heavy atom. The van der Waals surface area contributed by atoms with Crippen LogP contribution >= 0.6 is 11.6 Å². The van der Waals surface area contributed by atoms with Gasteiger partial charge in [0.1, 0.15) is 5.82 Å². The van der Waals surface area contributed by atoms with Crippen LogP contribution in [0, 0.1) is 5.82 Å². The van der Waals surface area contributed by atoms with Crippen LogP contribution in [-0.4, -0.2) is 10.1 Å². The Kier molecular flexibility index (Phi) is 4.50. The van der Waals surface area contributed by atoms with Crippen molar-refractivity contribution in [2.75, 3.05) is 0 Å². The van der Waals surface area contributed by atoms with Crippen LogP contribution in [0.5, 0.6) is 0 Å². The molecule has 0 aliphatic carbocycles. The minimum Gasteiger partial charge on any atom is -0.337 e. The Balaban J connectivity index is 2.20. The third kappa shape index (κ3) is 3.30. The molecule has 0 saturated heterocycles. The van der Waals surface area contributed by atoms with Gasteiger partial charge >= 0.3 is 0 Å². The van der Waals surface area contributed by atoms with Gasteiger partial charge in [-0.25, -0.2) is 4.39 Å². The van der Waals surface area contributed by atoms with Crippen molar-refractivity contribution in [3.8, 4) is 11.4 Å². The molecule has 0 saturated carbocycles. The zero-order chi connectivity index (χ0) is 13.8. The number of unbranched alkanes of at least 4 members (excludes halogenated alkanes) is 1. The van der Waals surface area contributed by atoms with Crippen LogP contribution in [-0.2, 0) is 0 Å². The first kappa shape index (κ1) is 14.0. The van der Waals surface area contributed by atoms with Crippen molar-refractivity contribution in [1.29, 1.82) is 0 Å². The molecule has 1 aromatic carbocycles. The fraction of sp³-hybridized carbons (Fsp3) is 0.385. The maximum atomic E-state index is 13.0. The van der Waals surface area contributed by atoms with Crippen LogP contribution in [0.1, 0.15) is 38.1 Å². The van der Waals surface area contributed by atoms with Crippen molar-refractivity contribution in [1.82, 2.24) is 10.1 Å². The molecule has 1 atom stereocenters. The Labute approximate surface area is 115 Å². The SMILES string of the molecule is CCCC[C@H](N)c1nc(-c2ccc(F)cc2Cl)no1. The molecule has 2 aromatic rings. The molecule has 0 spiro atoms. The van der Waals surface area contributed by atoms with E-state index >= 15 is 0 Å². The molecule has 0 bridgehead atoms. The van der Waals surface area contributed by atoms with E-state index < -0.39 is 5.82 Å². The third-order valence-corrected chi connectivity index (χ3v) is 3.11. The van der Waals surface area contributed by atoms with E-state index in [1.165, 1.54) is 18.2 Å². The van der Waals surface area contributed by atoms with Crippen molar-refractivity contribution in [2.24, 2.45) is 5.73 Å². The van der Waals surface area contributed by atoms with Gasteiger partial charge in [0, 0.05) is 5.56 Å². The van der Waals surface area contributed by atoms with Gasteiger partial charge in [0.25, 0.3) is 0 Å². The number of halogens is 2. The monoisotopic (exact) mass is 283 g/mol. The summed E-state index contributed by atoms with van der Waals surface area (Å²) in [6.45, 7) is 2.09. The first-order valence-corrected chi connectivity index (χ1v) is 6.54. The van der Waals surface area contributed by atoms with Crippen molar-refractivity contribution in [2.45, 2.75) is 32.2 Å². The van der Waals surface area contributed by atoms with Crippen LogP contribution in [0.2, 0.25) is 5.02 Å². The zero-order valence-corrected chi connectivity index (χ0v) is 11.3. The Bertz CT molecular complexity index is 559. The van der Waals surface area contributed by atoms with E-state index in [9.17, 15) is 4.39 Å². The summed E-state index contributed by atoms with van der Waals surface area (Å²) in [5.41, 5.74) is 6.47. The lowest BCUT2D eigenvalue weighted by Gasteiger charge is -2.03. The number of nitrogens with zero attached hydrogens (tertiary/aromatic N) is 2. The number of aromatic nitrogens is 2. The van der Waals surface area contributed by atoms with Gasteiger partial charge in [-0.15, -0.1) is 0 Å². The second-order valence-electron chi connectivity index (χ2n) is 4.33. The maximum Gasteiger partial charge on any atom is 0.243 e. The summed E-state index contributed by atoms with van der Waals surface area (Å²) < 4.78 is 18.1. The van der Waals surface area contributed by atoms with E-state index in [0.717, 1.165) is 19.3 Å². The lowest BCUT2D eigenvalue weighted by molar-refractivity contribution is 0.346. The molecule has 0 fully saturated rings. The summed E-state index contributed by atoms with van der Waals surface area (Å²) in [7, 11) is 0. The van der Waals surface area contributed by atoms with Crippen LogP contribution < -0.4 is 5.73 Å². The van der Waals surface area contributed by atoms with E-state index in [2.05, 4.69) is 17.1 Å². The molecule has 6 heteroatoms. The highest BCUT2D eigenvalue weighted by atomic mass is 35.5. The summed E-state index contributed by atoms with van der Waals surface area (Å²) >= 11 is 5.94. The highest BCUT2D eigenvalue weighted by Gasteiger charge is 2.16. The molecular formula is C13H15ClFN3O. The van der Waals surface area contributed by atoms with Gasteiger partial charge in [-0.2, -0.15) is 4.98 Å². The summed E-state index contributed by atoms with van der Waals surface area (Å²) in [6, 6.07) is 3.75. The maximum absolute atomic E-state index is 13.0. The average molecular weight is 284 g/mol. The molecule has 0 aliphatic rings. The van der Waals surface area contributed by atoms with Gasteiger partial charge in [0.05, 0.1) is 11.1 Å². The Morgan fingerprint density at radius 1 is 1.47 bits per heavy atom. The van der Waals surface area contributed by atoms with Crippen molar-refractivity contribution in [3.63, 3.8) is 0 Å². The molecule has 4 nitrogen and oxygen atoms in total. The first-order valence-electron chi connectivity index (χ1n) is 6.16. The first-order chi connectivity index (χ1) is 9.11. The minimum atomic E-state index is -0.405. The third-order valence-electron chi connectivity index (χ3n) is 2.80. The van der Waals surface area contributed by atoms with E-state index in [4.69, 9.17) is 21.9 Å². The molecular weight excluding hydrogens is 269 g/mol. The van der Waals surface area contributed by atoms with Gasteiger partial charge in [-0.3, -0.25) is 0 Å².